The van der Waals surface area contributed by atoms with Gasteiger partial charge in [-0.25, -0.2) is 0 Å². The van der Waals surface area contributed by atoms with Gasteiger partial charge in [-0.2, -0.15) is 0 Å². The number of nitrogens with one attached hydrogen (secondary N) is 1. The lowest BCUT2D eigenvalue weighted by molar-refractivity contribution is 0.0396. The van der Waals surface area contributed by atoms with E-state index in [2.05, 4.69) is 55.4 Å². The van der Waals surface area contributed by atoms with E-state index >= 15 is 0 Å². The van der Waals surface area contributed by atoms with Gasteiger partial charge in [-0.05, 0) is 32.4 Å². The molecule has 3 heteroatoms. The van der Waals surface area contributed by atoms with Crippen molar-refractivity contribution in [1.29, 1.82) is 0 Å². The minimum absolute atomic E-state index is 0.437. The quantitative estimate of drug-likeness (QED) is 0.884. The molecule has 4 unspecified atom stereocenters. The van der Waals surface area contributed by atoms with Gasteiger partial charge in [0.25, 0.3) is 0 Å². The van der Waals surface area contributed by atoms with Crippen LogP contribution in [0, 0.1) is 5.92 Å². The lowest BCUT2D eigenvalue weighted by Crippen LogP contribution is -2.53. The molecule has 1 N–H and O–H groups in total. The maximum atomic E-state index is 5.84. The van der Waals surface area contributed by atoms with Crippen LogP contribution in [-0.4, -0.2) is 37.2 Å². The summed E-state index contributed by atoms with van der Waals surface area (Å²) >= 11 is 0. The fourth-order valence-corrected chi connectivity index (χ4v) is 3.66. The van der Waals surface area contributed by atoms with Crippen LogP contribution in [0.5, 0.6) is 5.75 Å². The lowest BCUT2D eigenvalue weighted by atomic mass is 9.85. The molecular weight excluding hydrogens is 236 g/mol. The first-order chi connectivity index (χ1) is 9.22. The summed E-state index contributed by atoms with van der Waals surface area (Å²) < 4.78 is 5.84. The van der Waals surface area contributed by atoms with Crippen molar-refractivity contribution in [2.24, 2.45) is 5.92 Å². The van der Waals surface area contributed by atoms with Crippen LogP contribution in [0.1, 0.15) is 31.9 Å². The minimum Gasteiger partial charge on any atom is -0.491 e. The SMILES string of the molecule is CNC1CCN(C2COc3ccccc32)C(C)C1C. The van der Waals surface area contributed by atoms with Crippen molar-refractivity contribution in [3.05, 3.63) is 29.8 Å². The second-order valence-corrected chi connectivity index (χ2v) is 5.89. The van der Waals surface area contributed by atoms with E-state index in [9.17, 15) is 0 Å². The van der Waals surface area contributed by atoms with Gasteiger partial charge in [0.05, 0.1) is 6.04 Å². The van der Waals surface area contributed by atoms with Crippen LogP contribution in [-0.2, 0) is 0 Å². The second-order valence-electron chi connectivity index (χ2n) is 5.89. The summed E-state index contributed by atoms with van der Waals surface area (Å²) in [5.74, 6) is 1.75. The Morgan fingerprint density at radius 1 is 1.26 bits per heavy atom. The highest BCUT2D eigenvalue weighted by atomic mass is 16.5. The molecule has 4 atom stereocenters. The third-order valence-electron chi connectivity index (χ3n) is 5.06. The normalized spacial score (nSPS) is 34.9. The monoisotopic (exact) mass is 260 g/mol. The fourth-order valence-electron chi connectivity index (χ4n) is 3.66. The summed E-state index contributed by atoms with van der Waals surface area (Å²) in [4.78, 5) is 2.63. The number of ether oxygens (including phenoxy) is 1. The fraction of sp³-hybridized carbons (Fsp3) is 0.625. The van der Waals surface area contributed by atoms with E-state index in [4.69, 9.17) is 4.74 Å². The predicted octanol–water partition coefficient (Wildman–Crippen LogP) is 2.44. The Bertz CT molecular complexity index is 448. The number of benzene rings is 1. The third-order valence-corrected chi connectivity index (χ3v) is 5.06. The highest BCUT2D eigenvalue weighted by molar-refractivity contribution is 5.39. The second kappa shape index (κ2) is 5.14. The molecule has 3 rings (SSSR count). The van der Waals surface area contributed by atoms with Crippen molar-refractivity contribution in [2.75, 3.05) is 20.2 Å². The number of nitrogens with zero attached hydrogens (tertiary/aromatic N) is 1. The van der Waals surface area contributed by atoms with Crippen LogP contribution in [0.3, 0.4) is 0 Å². The maximum Gasteiger partial charge on any atom is 0.124 e. The molecule has 2 aliphatic rings. The van der Waals surface area contributed by atoms with Crippen molar-refractivity contribution >= 4 is 0 Å². The van der Waals surface area contributed by atoms with Crippen LogP contribution >= 0.6 is 0 Å². The van der Waals surface area contributed by atoms with Crippen LogP contribution in [0.2, 0.25) is 0 Å². The standard InChI is InChI=1S/C16H24N2O/c1-11-12(2)18(9-8-14(11)17-3)15-10-19-16-7-5-4-6-13(15)16/h4-7,11-12,14-15,17H,8-10H2,1-3H3. The molecule has 1 aromatic carbocycles. The van der Waals surface area contributed by atoms with E-state index < -0.39 is 0 Å². The van der Waals surface area contributed by atoms with Gasteiger partial charge in [0, 0.05) is 24.2 Å². The Kier molecular flexibility index (Phi) is 3.50. The summed E-state index contributed by atoms with van der Waals surface area (Å²) in [6.45, 7) is 6.68. The number of para-hydroxylation sites is 1. The molecule has 3 nitrogen and oxygen atoms in total. The van der Waals surface area contributed by atoms with Crippen molar-refractivity contribution in [3.8, 4) is 5.75 Å². The Labute approximate surface area is 115 Å². The first kappa shape index (κ1) is 12.9. The molecule has 1 aromatic rings. The summed E-state index contributed by atoms with van der Waals surface area (Å²) in [5, 5.41) is 3.46. The van der Waals surface area contributed by atoms with E-state index in [1.165, 1.54) is 12.0 Å². The zero-order chi connectivity index (χ0) is 13.4. The number of piperidine rings is 1. The average molecular weight is 260 g/mol. The van der Waals surface area contributed by atoms with Gasteiger partial charge in [-0.3, -0.25) is 4.90 Å². The minimum atomic E-state index is 0.437. The first-order valence-electron chi connectivity index (χ1n) is 7.37. The Morgan fingerprint density at radius 2 is 2.05 bits per heavy atom. The zero-order valence-electron chi connectivity index (χ0n) is 12.1. The molecule has 1 fully saturated rings. The highest BCUT2D eigenvalue weighted by Crippen LogP contribution is 2.39. The Balaban J connectivity index is 1.81. The molecule has 19 heavy (non-hydrogen) atoms. The summed E-state index contributed by atoms with van der Waals surface area (Å²) in [6.07, 6.45) is 1.22. The number of hydrogen-bond donors (Lipinski definition) is 1. The first-order valence-corrected chi connectivity index (χ1v) is 7.37. The molecule has 0 spiro atoms. The van der Waals surface area contributed by atoms with Gasteiger partial charge in [0.1, 0.15) is 12.4 Å². The maximum absolute atomic E-state index is 5.84. The number of likely N-dealkylation sites (tertiary alicyclic amines) is 1. The van der Waals surface area contributed by atoms with Crippen LogP contribution in [0.15, 0.2) is 24.3 Å². The van der Waals surface area contributed by atoms with E-state index in [0.717, 1.165) is 18.9 Å². The molecule has 0 amide bonds. The Morgan fingerprint density at radius 3 is 2.84 bits per heavy atom. The van der Waals surface area contributed by atoms with Crippen molar-refractivity contribution < 1.29 is 4.74 Å². The van der Waals surface area contributed by atoms with E-state index in [1.54, 1.807) is 0 Å². The predicted molar refractivity (Wildman–Crippen MR) is 77.5 cm³/mol. The average Bonchev–Trinajstić information content (AvgIpc) is 2.86. The van der Waals surface area contributed by atoms with Crippen LogP contribution in [0.4, 0.5) is 0 Å². The van der Waals surface area contributed by atoms with E-state index in [-0.39, 0.29) is 0 Å². The molecule has 2 heterocycles. The molecule has 104 valence electrons. The molecular formula is C16H24N2O. The Hall–Kier alpha value is -1.06. The largest absolute Gasteiger partial charge is 0.491 e. The van der Waals surface area contributed by atoms with Crippen LogP contribution in [0.25, 0.3) is 0 Å². The zero-order valence-corrected chi connectivity index (χ0v) is 12.1. The summed E-state index contributed by atoms with van der Waals surface area (Å²) in [5.41, 5.74) is 1.37. The molecule has 0 aliphatic carbocycles. The van der Waals surface area contributed by atoms with Gasteiger partial charge in [0.2, 0.25) is 0 Å². The third kappa shape index (κ3) is 2.15. The summed E-state index contributed by atoms with van der Waals surface area (Å²) in [6, 6.07) is 10.1. The van der Waals surface area contributed by atoms with Crippen molar-refractivity contribution in [1.82, 2.24) is 10.2 Å². The number of fused-ring (bicyclic) bond motifs is 1. The number of rotatable bonds is 2. The molecule has 0 saturated carbocycles. The highest BCUT2D eigenvalue weighted by Gasteiger charge is 2.38. The molecule has 0 radical (unpaired) electrons. The topological polar surface area (TPSA) is 24.5 Å². The van der Waals surface area contributed by atoms with E-state index in [0.29, 0.717) is 24.0 Å². The van der Waals surface area contributed by atoms with Gasteiger partial charge in [0.15, 0.2) is 0 Å². The smallest absolute Gasteiger partial charge is 0.124 e. The van der Waals surface area contributed by atoms with Gasteiger partial charge < -0.3 is 10.1 Å². The lowest BCUT2D eigenvalue weighted by Gasteiger charge is -2.45. The van der Waals surface area contributed by atoms with Gasteiger partial charge in [-0.1, -0.05) is 25.1 Å². The van der Waals surface area contributed by atoms with Crippen molar-refractivity contribution in [2.45, 2.75) is 38.4 Å². The van der Waals surface area contributed by atoms with Gasteiger partial charge >= 0.3 is 0 Å². The molecule has 0 bridgehead atoms. The van der Waals surface area contributed by atoms with Gasteiger partial charge in [-0.15, -0.1) is 0 Å². The van der Waals surface area contributed by atoms with Crippen molar-refractivity contribution in [3.63, 3.8) is 0 Å². The molecule has 1 saturated heterocycles. The number of hydrogen-bond acceptors (Lipinski definition) is 3. The van der Waals surface area contributed by atoms with Crippen LogP contribution < -0.4 is 10.1 Å². The molecule has 2 aliphatic heterocycles. The molecule has 0 aromatic heterocycles. The summed E-state index contributed by atoms with van der Waals surface area (Å²) in [7, 11) is 2.08. The van der Waals surface area contributed by atoms with E-state index in [1.807, 2.05) is 0 Å².